The van der Waals surface area contributed by atoms with Crippen molar-refractivity contribution in [2.45, 2.75) is 63.2 Å². The first-order chi connectivity index (χ1) is 11.4. The lowest BCUT2D eigenvalue weighted by Gasteiger charge is -2.59. The second kappa shape index (κ2) is 4.99. The van der Waals surface area contributed by atoms with E-state index in [0.29, 0.717) is 12.2 Å². The van der Waals surface area contributed by atoms with Crippen LogP contribution >= 0.6 is 0 Å². The highest BCUT2D eigenvalue weighted by atomic mass is 16.5. The van der Waals surface area contributed by atoms with E-state index in [0.717, 1.165) is 30.5 Å². The van der Waals surface area contributed by atoms with Crippen molar-refractivity contribution in [3.63, 3.8) is 0 Å². The summed E-state index contributed by atoms with van der Waals surface area (Å²) < 4.78 is 6.34. The molecule has 4 nitrogen and oxygen atoms in total. The van der Waals surface area contributed by atoms with E-state index < -0.39 is 11.0 Å². The third-order valence-corrected chi connectivity index (χ3v) is 6.88. The molecule has 130 valence electrons. The minimum absolute atomic E-state index is 0.0275. The molecule has 0 aromatic heterocycles. The van der Waals surface area contributed by atoms with E-state index in [2.05, 4.69) is 38.8 Å². The molecule has 1 aliphatic carbocycles. The van der Waals surface area contributed by atoms with Crippen molar-refractivity contribution in [1.82, 2.24) is 4.90 Å². The maximum absolute atomic E-state index is 11.9. The first kappa shape index (κ1) is 16.0. The molecule has 4 unspecified atom stereocenters. The molecule has 4 heteroatoms. The van der Waals surface area contributed by atoms with E-state index in [1.54, 1.807) is 6.07 Å². The first-order valence-corrected chi connectivity index (χ1v) is 8.98. The van der Waals surface area contributed by atoms with Crippen molar-refractivity contribution in [1.29, 1.82) is 0 Å². The Bertz CT molecular complexity index is 728. The zero-order valence-electron chi connectivity index (χ0n) is 15.0. The predicted octanol–water partition coefficient (Wildman–Crippen LogP) is 2.89. The van der Waals surface area contributed by atoms with Gasteiger partial charge < -0.3 is 19.8 Å². The number of likely N-dealkylation sites (tertiary alicyclic amines) is 1. The molecule has 3 aliphatic rings. The lowest BCUT2D eigenvalue weighted by Crippen LogP contribution is -2.71. The molecule has 24 heavy (non-hydrogen) atoms. The number of hydrogen-bond acceptors (Lipinski definition) is 4. The summed E-state index contributed by atoms with van der Waals surface area (Å²) in [6.07, 6.45) is 4.36. The fraction of sp³-hybridized carbons (Fsp3) is 0.600. The summed E-state index contributed by atoms with van der Waals surface area (Å²) in [4.78, 5) is 2.24. The summed E-state index contributed by atoms with van der Waals surface area (Å²) in [5, 5.41) is 22.3. The van der Waals surface area contributed by atoms with E-state index in [4.69, 9.17) is 4.74 Å². The van der Waals surface area contributed by atoms with Crippen LogP contribution in [0.15, 0.2) is 23.8 Å². The molecule has 0 radical (unpaired) electrons. The van der Waals surface area contributed by atoms with Crippen LogP contribution in [-0.2, 0) is 5.41 Å². The van der Waals surface area contributed by atoms with Crippen molar-refractivity contribution in [3.05, 3.63) is 34.9 Å². The van der Waals surface area contributed by atoms with Crippen LogP contribution < -0.4 is 4.74 Å². The Labute approximate surface area is 143 Å². The number of benzene rings is 1. The lowest BCUT2D eigenvalue weighted by atomic mass is 9.53. The van der Waals surface area contributed by atoms with Crippen LogP contribution in [0.2, 0.25) is 0 Å². The zero-order chi connectivity index (χ0) is 17.3. The highest BCUT2D eigenvalue weighted by molar-refractivity contribution is 5.61. The number of aromatic hydroxyl groups is 1. The Hall–Kier alpha value is -1.52. The Morgan fingerprint density at radius 3 is 2.83 bits per heavy atom. The largest absolute Gasteiger partial charge is 0.504 e. The Morgan fingerprint density at radius 2 is 2.12 bits per heavy atom. The van der Waals surface area contributed by atoms with Gasteiger partial charge in [0.15, 0.2) is 11.5 Å². The van der Waals surface area contributed by atoms with Crippen molar-refractivity contribution in [3.8, 4) is 11.5 Å². The summed E-state index contributed by atoms with van der Waals surface area (Å²) in [5.74, 6) is 0.764. The number of ether oxygens (including phenoxy) is 1. The van der Waals surface area contributed by atoms with Crippen LogP contribution in [0.3, 0.4) is 0 Å². The van der Waals surface area contributed by atoms with Gasteiger partial charge in [-0.1, -0.05) is 19.1 Å². The Morgan fingerprint density at radius 1 is 1.38 bits per heavy atom. The van der Waals surface area contributed by atoms with E-state index in [1.165, 1.54) is 5.57 Å². The van der Waals surface area contributed by atoms with Gasteiger partial charge in [-0.3, -0.25) is 0 Å². The molecule has 1 aromatic rings. The van der Waals surface area contributed by atoms with Gasteiger partial charge in [0.05, 0.1) is 11.0 Å². The number of phenols is 1. The van der Waals surface area contributed by atoms with Gasteiger partial charge in [0, 0.05) is 11.6 Å². The number of piperidine rings is 1. The molecule has 2 aliphatic heterocycles. The van der Waals surface area contributed by atoms with Crippen LogP contribution in [0.5, 0.6) is 11.5 Å². The van der Waals surface area contributed by atoms with Crippen molar-refractivity contribution in [2.75, 3.05) is 13.6 Å². The second-order valence-electron chi connectivity index (χ2n) is 7.74. The topological polar surface area (TPSA) is 52.9 Å². The SMILES string of the molecule is CCC1=CCC2(O)C(C)N(C)CCC23c2c(C)ccc(O)c2OC13. The fourth-order valence-corrected chi connectivity index (χ4v) is 5.36. The van der Waals surface area contributed by atoms with Crippen LogP contribution in [0, 0.1) is 6.92 Å². The number of nitrogens with zero attached hydrogens (tertiary/aromatic N) is 1. The van der Waals surface area contributed by atoms with Crippen molar-refractivity contribution < 1.29 is 14.9 Å². The molecule has 4 atom stereocenters. The van der Waals surface area contributed by atoms with Crippen LogP contribution in [0.25, 0.3) is 0 Å². The van der Waals surface area contributed by atoms with Gasteiger partial charge in [0.1, 0.15) is 6.10 Å². The molecule has 4 rings (SSSR count). The molecule has 2 heterocycles. The minimum Gasteiger partial charge on any atom is -0.504 e. The lowest BCUT2D eigenvalue weighted by molar-refractivity contribution is -0.147. The third-order valence-electron chi connectivity index (χ3n) is 6.88. The Kier molecular flexibility index (Phi) is 3.32. The van der Waals surface area contributed by atoms with Gasteiger partial charge in [-0.25, -0.2) is 0 Å². The molecule has 0 amide bonds. The van der Waals surface area contributed by atoms with Crippen LogP contribution in [0.4, 0.5) is 0 Å². The zero-order valence-corrected chi connectivity index (χ0v) is 15.0. The van der Waals surface area contributed by atoms with Crippen molar-refractivity contribution >= 4 is 0 Å². The van der Waals surface area contributed by atoms with E-state index in [-0.39, 0.29) is 17.9 Å². The monoisotopic (exact) mass is 329 g/mol. The molecule has 1 aromatic carbocycles. The van der Waals surface area contributed by atoms with E-state index in [9.17, 15) is 10.2 Å². The number of phenolic OH excluding ortho intramolecular Hbond substituents is 1. The number of fused-ring (bicyclic) bond motifs is 1. The van der Waals surface area contributed by atoms with Gasteiger partial charge in [0.25, 0.3) is 0 Å². The Balaban J connectivity index is 2.03. The summed E-state index contributed by atoms with van der Waals surface area (Å²) in [7, 11) is 2.08. The molecular weight excluding hydrogens is 302 g/mol. The minimum atomic E-state index is -0.896. The summed E-state index contributed by atoms with van der Waals surface area (Å²) in [5.41, 5.74) is 1.99. The molecule has 1 spiro atoms. The maximum Gasteiger partial charge on any atom is 0.166 e. The van der Waals surface area contributed by atoms with Gasteiger partial charge in [-0.15, -0.1) is 0 Å². The molecular formula is C20H27NO3. The van der Waals surface area contributed by atoms with Gasteiger partial charge in [0.2, 0.25) is 0 Å². The average Bonchev–Trinajstić information content (AvgIpc) is 2.93. The number of hydrogen-bond donors (Lipinski definition) is 2. The van der Waals surface area contributed by atoms with Crippen molar-refractivity contribution in [2.24, 2.45) is 0 Å². The summed E-state index contributed by atoms with van der Waals surface area (Å²) in [6.45, 7) is 7.22. The highest BCUT2D eigenvalue weighted by Crippen LogP contribution is 2.62. The normalized spacial score (nSPS) is 38.0. The second-order valence-corrected chi connectivity index (χ2v) is 7.74. The number of likely N-dealkylation sites (N-methyl/N-ethyl adjacent to an activating group) is 1. The van der Waals surface area contributed by atoms with Gasteiger partial charge >= 0.3 is 0 Å². The third kappa shape index (κ3) is 1.66. The molecule has 1 fully saturated rings. The summed E-state index contributed by atoms with van der Waals surface area (Å²) in [6, 6.07) is 3.68. The predicted molar refractivity (Wildman–Crippen MR) is 93.6 cm³/mol. The van der Waals surface area contributed by atoms with E-state index in [1.807, 2.05) is 6.07 Å². The van der Waals surface area contributed by atoms with Crippen LogP contribution in [0.1, 0.15) is 44.2 Å². The quantitative estimate of drug-likeness (QED) is 0.778. The summed E-state index contributed by atoms with van der Waals surface area (Å²) >= 11 is 0. The molecule has 2 N–H and O–H groups in total. The number of aryl methyl sites for hydroxylation is 1. The fourth-order valence-electron chi connectivity index (χ4n) is 5.36. The number of aliphatic hydroxyl groups is 1. The van der Waals surface area contributed by atoms with Crippen LogP contribution in [-0.4, -0.2) is 46.5 Å². The van der Waals surface area contributed by atoms with Gasteiger partial charge in [-0.2, -0.15) is 0 Å². The number of rotatable bonds is 1. The molecule has 0 bridgehead atoms. The average molecular weight is 329 g/mol. The maximum atomic E-state index is 11.9. The van der Waals surface area contributed by atoms with E-state index >= 15 is 0 Å². The first-order valence-electron chi connectivity index (χ1n) is 8.98. The molecule has 1 saturated heterocycles. The smallest absolute Gasteiger partial charge is 0.166 e. The van der Waals surface area contributed by atoms with Gasteiger partial charge in [-0.05, 0) is 63.9 Å². The molecule has 0 saturated carbocycles. The standard InChI is InChI=1S/C20H27NO3/c1-5-14-8-9-20(23)13(3)21(4)11-10-19(20)16-12(2)6-7-15(22)17(16)24-18(14)19/h6-8,13,18,22-23H,5,9-11H2,1-4H3. The highest BCUT2D eigenvalue weighted by Gasteiger charge is 2.68.